The fourth-order valence-corrected chi connectivity index (χ4v) is 2.54. The molecule has 2 N–H and O–H groups in total. The van der Waals surface area contributed by atoms with Gasteiger partial charge >= 0.3 is 0 Å². The van der Waals surface area contributed by atoms with Crippen LogP contribution in [0, 0.1) is 12.7 Å². The maximum absolute atomic E-state index is 13.2. The fourth-order valence-electron chi connectivity index (χ4n) is 2.00. The molecule has 94 valence electrons. The van der Waals surface area contributed by atoms with Crippen LogP contribution in [0.5, 0.6) is 0 Å². The zero-order valence-electron chi connectivity index (χ0n) is 10.2. The summed E-state index contributed by atoms with van der Waals surface area (Å²) in [5, 5.41) is 0. The van der Waals surface area contributed by atoms with Gasteiger partial charge in [-0.3, -0.25) is 0 Å². The lowest BCUT2D eigenvalue weighted by Gasteiger charge is -2.14. The maximum atomic E-state index is 13.2. The molecule has 1 unspecified atom stereocenters. The van der Waals surface area contributed by atoms with E-state index in [0.717, 1.165) is 10.0 Å². The zero-order chi connectivity index (χ0) is 13.1. The number of halogens is 2. The molecule has 0 heterocycles. The van der Waals surface area contributed by atoms with E-state index in [-0.39, 0.29) is 11.9 Å². The normalized spacial score (nSPS) is 12.4. The lowest BCUT2D eigenvalue weighted by atomic mass is 9.98. The van der Waals surface area contributed by atoms with E-state index in [1.54, 1.807) is 6.07 Å². The van der Waals surface area contributed by atoms with Gasteiger partial charge in [-0.2, -0.15) is 0 Å². The summed E-state index contributed by atoms with van der Waals surface area (Å²) in [6.45, 7) is 2.05. The molecule has 0 saturated heterocycles. The summed E-state index contributed by atoms with van der Waals surface area (Å²) in [5.41, 5.74) is 9.32. The summed E-state index contributed by atoms with van der Waals surface area (Å²) in [7, 11) is 0. The van der Waals surface area contributed by atoms with Crippen molar-refractivity contribution in [3.63, 3.8) is 0 Å². The Morgan fingerprint density at radius 3 is 2.72 bits per heavy atom. The van der Waals surface area contributed by atoms with E-state index in [1.165, 1.54) is 23.3 Å². The van der Waals surface area contributed by atoms with Crippen LogP contribution in [0.4, 0.5) is 4.39 Å². The molecule has 1 nitrogen and oxygen atoms in total. The Morgan fingerprint density at radius 2 is 2.00 bits per heavy atom. The fraction of sp³-hybridized carbons (Fsp3) is 0.200. The van der Waals surface area contributed by atoms with Crippen LogP contribution >= 0.6 is 15.9 Å². The van der Waals surface area contributed by atoms with E-state index in [9.17, 15) is 4.39 Å². The molecule has 2 rings (SSSR count). The number of hydrogen-bond acceptors (Lipinski definition) is 1. The third kappa shape index (κ3) is 3.18. The standard InChI is InChI=1S/C15H15BrFN/c1-10-3-2-4-11(7-10)8-15(18)13-9-12(17)5-6-14(13)16/h2-7,9,15H,8,18H2,1H3. The highest BCUT2D eigenvalue weighted by Crippen LogP contribution is 2.25. The molecule has 0 aromatic heterocycles. The van der Waals surface area contributed by atoms with Gasteiger partial charge in [0.15, 0.2) is 0 Å². The molecular formula is C15H15BrFN. The van der Waals surface area contributed by atoms with Crippen LogP contribution in [0.1, 0.15) is 22.7 Å². The summed E-state index contributed by atoms with van der Waals surface area (Å²) < 4.78 is 14.1. The SMILES string of the molecule is Cc1cccc(CC(N)c2cc(F)ccc2Br)c1. The molecule has 0 radical (unpaired) electrons. The van der Waals surface area contributed by atoms with E-state index < -0.39 is 0 Å². The topological polar surface area (TPSA) is 26.0 Å². The quantitative estimate of drug-likeness (QED) is 0.906. The van der Waals surface area contributed by atoms with Crippen molar-refractivity contribution in [2.75, 3.05) is 0 Å². The monoisotopic (exact) mass is 307 g/mol. The minimum Gasteiger partial charge on any atom is -0.324 e. The van der Waals surface area contributed by atoms with Gasteiger partial charge in [-0.05, 0) is 42.7 Å². The van der Waals surface area contributed by atoms with Gasteiger partial charge in [0.1, 0.15) is 5.82 Å². The van der Waals surface area contributed by atoms with Crippen molar-refractivity contribution in [1.29, 1.82) is 0 Å². The number of nitrogens with two attached hydrogens (primary N) is 1. The highest BCUT2D eigenvalue weighted by atomic mass is 79.9. The molecule has 1 atom stereocenters. The minimum absolute atomic E-state index is 0.211. The van der Waals surface area contributed by atoms with Crippen LogP contribution in [0.15, 0.2) is 46.9 Å². The van der Waals surface area contributed by atoms with Crippen molar-refractivity contribution in [3.8, 4) is 0 Å². The Kier molecular flexibility index (Phi) is 4.15. The molecule has 18 heavy (non-hydrogen) atoms. The van der Waals surface area contributed by atoms with Crippen LogP contribution in [-0.2, 0) is 6.42 Å². The smallest absolute Gasteiger partial charge is 0.123 e. The maximum Gasteiger partial charge on any atom is 0.123 e. The minimum atomic E-state index is -0.257. The van der Waals surface area contributed by atoms with Crippen molar-refractivity contribution < 1.29 is 4.39 Å². The van der Waals surface area contributed by atoms with Crippen LogP contribution in [0.3, 0.4) is 0 Å². The molecule has 0 fully saturated rings. The third-order valence-corrected chi connectivity index (χ3v) is 3.62. The van der Waals surface area contributed by atoms with Crippen molar-refractivity contribution >= 4 is 15.9 Å². The van der Waals surface area contributed by atoms with Gasteiger partial charge in [0.25, 0.3) is 0 Å². The van der Waals surface area contributed by atoms with Gasteiger partial charge in [0.2, 0.25) is 0 Å². The van der Waals surface area contributed by atoms with E-state index >= 15 is 0 Å². The Hall–Kier alpha value is -1.19. The number of rotatable bonds is 3. The largest absolute Gasteiger partial charge is 0.324 e. The summed E-state index contributed by atoms with van der Waals surface area (Å²) in [6.07, 6.45) is 0.698. The van der Waals surface area contributed by atoms with Crippen LogP contribution in [-0.4, -0.2) is 0 Å². The second kappa shape index (κ2) is 5.63. The first kappa shape index (κ1) is 13.2. The number of hydrogen-bond donors (Lipinski definition) is 1. The van der Waals surface area contributed by atoms with Crippen molar-refractivity contribution in [2.24, 2.45) is 5.73 Å². The first-order valence-corrected chi connectivity index (χ1v) is 6.61. The lowest BCUT2D eigenvalue weighted by molar-refractivity contribution is 0.617. The van der Waals surface area contributed by atoms with Gasteiger partial charge in [-0.1, -0.05) is 45.8 Å². The Balaban J connectivity index is 2.21. The Labute approximate surface area is 115 Å². The number of aryl methyl sites for hydroxylation is 1. The summed E-state index contributed by atoms with van der Waals surface area (Å²) in [6, 6.07) is 12.6. The summed E-state index contributed by atoms with van der Waals surface area (Å²) in [5.74, 6) is -0.257. The average Bonchev–Trinajstić information content (AvgIpc) is 2.32. The highest BCUT2D eigenvalue weighted by molar-refractivity contribution is 9.10. The zero-order valence-corrected chi connectivity index (χ0v) is 11.7. The molecule has 0 aliphatic heterocycles. The summed E-state index contributed by atoms with van der Waals surface area (Å²) >= 11 is 3.41. The second-order valence-corrected chi connectivity index (χ2v) is 5.32. The van der Waals surface area contributed by atoms with E-state index in [4.69, 9.17) is 5.73 Å². The molecule has 2 aromatic carbocycles. The van der Waals surface area contributed by atoms with Gasteiger partial charge in [-0.25, -0.2) is 4.39 Å². The second-order valence-electron chi connectivity index (χ2n) is 4.47. The number of benzene rings is 2. The van der Waals surface area contributed by atoms with Crippen molar-refractivity contribution in [2.45, 2.75) is 19.4 Å². The van der Waals surface area contributed by atoms with Gasteiger partial charge in [0, 0.05) is 10.5 Å². The molecule has 0 amide bonds. The van der Waals surface area contributed by atoms with Gasteiger partial charge in [-0.15, -0.1) is 0 Å². The Morgan fingerprint density at radius 1 is 1.22 bits per heavy atom. The third-order valence-electron chi connectivity index (χ3n) is 2.90. The first-order chi connectivity index (χ1) is 8.56. The van der Waals surface area contributed by atoms with E-state index in [2.05, 4.69) is 22.0 Å². The predicted molar refractivity (Wildman–Crippen MR) is 75.9 cm³/mol. The first-order valence-electron chi connectivity index (χ1n) is 5.82. The Bertz CT molecular complexity index is 554. The van der Waals surface area contributed by atoms with Crippen molar-refractivity contribution in [3.05, 3.63) is 69.4 Å². The molecule has 0 aliphatic carbocycles. The van der Waals surface area contributed by atoms with E-state index in [1.807, 2.05) is 25.1 Å². The molecule has 0 aliphatic rings. The predicted octanol–water partition coefficient (Wildman–Crippen LogP) is 4.14. The average molecular weight is 308 g/mol. The molecular weight excluding hydrogens is 293 g/mol. The lowest BCUT2D eigenvalue weighted by Crippen LogP contribution is -2.14. The molecule has 0 spiro atoms. The van der Waals surface area contributed by atoms with Crippen molar-refractivity contribution in [1.82, 2.24) is 0 Å². The molecule has 3 heteroatoms. The van der Waals surface area contributed by atoms with Crippen LogP contribution in [0.25, 0.3) is 0 Å². The van der Waals surface area contributed by atoms with Gasteiger partial charge in [0.05, 0.1) is 0 Å². The van der Waals surface area contributed by atoms with Crippen LogP contribution in [0.2, 0.25) is 0 Å². The molecule has 2 aromatic rings. The highest BCUT2D eigenvalue weighted by Gasteiger charge is 2.11. The summed E-state index contributed by atoms with van der Waals surface area (Å²) in [4.78, 5) is 0. The van der Waals surface area contributed by atoms with Gasteiger partial charge < -0.3 is 5.73 Å². The van der Waals surface area contributed by atoms with E-state index in [0.29, 0.717) is 6.42 Å². The van der Waals surface area contributed by atoms with Crippen LogP contribution < -0.4 is 5.73 Å². The molecule has 0 bridgehead atoms. The molecule has 0 saturated carbocycles.